The largest absolute Gasteiger partial charge is 0.444 e. The molecule has 148 valence electrons. The van der Waals surface area contributed by atoms with Crippen LogP contribution in [0.2, 0.25) is 0 Å². The minimum Gasteiger partial charge on any atom is -0.444 e. The van der Waals surface area contributed by atoms with Gasteiger partial charge in [-0.2, -0.15) is 0 Å². The van der Waals surface area contributed by atoms with Crippen LogP contribution < -0.4 is 5.32 Å². The highest BCUT2D eigenvalue weighted by atomic mass is 16.6. The van der Waals surface area contributed by atoms with Gasteiger partial charge in [0.15, 0.2) is 0 Å². The van der Waals surface area contributed by atoms with Crippen molar-refractivity contribution >= 4 is 12.0 Å². The van der Waals surface area contributed by atoms with Crippen molar-refractivity contribution in [3.8, 4) is 0 Å². The van der Waals surface area contributed by atoms with Gasteiger partial charge in [-0.1, -0.05) is 60.7 Å². The number of rotatable bonds is 4. The maximum Gasteiger partial charge on any atom is 0.410 e. The zero-order valence-corrected chi connectivity index (χ0v) is 16.7. The SMILES string of the molecule is CC(C)(C)OC(=O)N1CCC[C@@H]1C(=O)NC(c1ccccc1)c1ccccc1. The van der Waals surface area contributed by atoms with E-state index in [9.17, 15) is 9.59 Å². The summed E-state index contributed by atoms with van der Waals surface area (Å²) in [6.45, 7) is 6.03. The Labute approximate surface area is 166 Å². The van der Waals surface area contributed by atoms with E-state index >= 15 is 0 Å². The quantitative estimate of drug-likeness (QED) is 0.861. The average Bonchev–Trinajstić information content (AvgIpc) is 3.16. The van der Waals surface area contributed by atoms with Crippen LogP contribution in [0.15, 0.2) is 60.7 Å². The van der Waals surface area contributed by atoms with Crippen LogP contribution in [0.25, 0.3) is 0 Å². The normalized spacial score (nSPS) is 16.9. The van der Waals surface area contributed by atoms with E-state index in [4.69, 9.17) is 4.74 Å². The minimum absolute atomic E-state index is 0.152. The molecule has 2 amide bonds. The molecule has 1 aliphatic rings. The molecular formula is C23H28N2O3. The van der Waals surface area contributed by atoms with Crippen LogP contribution in [0.4, 0.5) is 4.79 Å². The average molecular weight is 380 g/mol. The van der Waals surface area contributed by atoms with Crippen molar-refractivity contribution in [1.29, 1.82) is 0 Å². The third-order valence-corrected chi connectivity index (χ3v) is 4.74. The Morgan fingerprint density at radius 3 is 2.04 bits per heavy atom. The number of nitrogens with one attached hydrogen (secondary N) is 1. The molecule has 1 atom stereocenters. The summed E-state index contributed by atoms with van der Waals surface area (Å²) in [4.78, 5) is 27.2. The van der Waals surface area contributed by atoms with Crippen molar-refractivity contribution in [2.24, 2.45) is 0 Å². The zero-order chi connectivity index (χ0) is 20.1. The molecule has 5 nitrogen and oxygen atoms in total. The fraction of sp³-hybridized carbons (Fsp3) is 0.391. The van der Waals surface area contributed by atoms with Gasteiger partial charge in [-0.3, -0.25) is 9.69 Å². The summed E-state index contributed by atoms with van der Waals surface area (Å²) in [6, 6.07) is 19.0. The molecule has 0 aliphatic carbocycles. The van der Waals surface area contributed by atoms with Crippen LogP contribution in [0.1, 0.15) is 50.8 Å². The lowest BCUT2D eigenvalue weighted by molar-refractivity contribution is -0.126. The van der Waals surface area contributed by atoms with Crippen molar-refractivity contribution in [2.45, 2.75) is 51.3 Å². The molecule has 0 saturated carbocycles. The fourth-order valence-electron chi connectivity index (χ4n) is 3.47. The first-order valence-corrected chi connectivity index (χ1v) is 9.75. The van der Waals surface area contributed by atoms with Gasteiger partial charge in [0.05, 0.1) is 6.04 Å². The molecule has 3 rings (SSSR count). The van der Waals surface area contributed by atoms with Crippen LogP contribution >= 0.6 is 0 Å². The summed E-state index contributed by atoms with van der Waals surface area (Å²) < 4.78 is 5.48. The van der Waals surface area contributed by atoms with Gasteiger partial charge in [0.25, 0.3) is 0 Å². The molecule has 1 heterocycles. The Morgan fingerprint density at radius 2 is 1.54 bits per heavy atom. The fourth-order valence-corrected chi connectivity index (χ4v) is 3.47. The minimum atomic E-state index is -0.586. The van der Waals surface area contributed by atoms with Gasteiger partial charge in [-0.05, 0) is 44.7 Å². The third kappa shape index (κ3) is 4.91. The maximum absolute atomic E-state index is 13.1. The predicted molar refractivity (Wildman–Crippen MR) is 109 cm³/mol. The molecule has 1 saturated heterocycles. The summed E-state index contributed by atoms with van der Waals surface area (Å²) in [5, 5.41) is 3.15. The Hall–Kier alpha value is -2.82. The molecule has 2 aromatic rings. The van der Waals surface area contributed by atoms with Crippen molar-refractivity contribution in [1.82, 2.24) is 10.2 Å². The number of benzene rings is 2. The lowest BCUT2D eigenvalue weighted by atomic mass is 9.98. The molecule has 1 aliphatic heterocycles. The Balaban J connectivity index is 1.79. The molecule has 2 aromatic carbocycles. The number of carbonyl (C=O) groups is 2. The van der Waals surface area contributed by atoms with Gasteiger partial charge in [0.2, 0.25) is 5.91 Å². The monoisotopic (exact) mass is 380 g/mol. The Morgan fingerprint density at radius 1 is 1.00 bits per heavy atom. The third-order valence-electron chi connectivity index (χ3n) is 4.74. The van der Waals surface area contributed by atoms with E-state index in [1.165, 1.54) is 0 Å². The van der Waals surface area contributed by atoms with E-state index in [0.717, 1.165) is 17.5 Å². The molecule has 0 unspecified atom stereocenters. The van der Waals surface area contributed by atoms with Gasteiger partial charge < -0.3 is 10.1 Å². The van der Waals surface area contributed by atoms with Gasteiger partial charge >= 0.3 is 6.09 Å². The molecule has 1 N–H and O–H groups in total. The van der Waals surface area contributed by atoms with E-state index in [1.54, 1.807) is 4.90 Å². The van der Waals surface area contributed by atoms with E-state index in [2.05, 4.69) is 5.32 Å². The Kier molecular flexibility index (Phi) is 6.02. The number of likely N-dealkylation sites (tertiary alicyclic amines) is 1. The smallest absolute Gasteiger partial charge is 0.410 e. The number of hydrogen-bond donors (Lipinski definition) is 1. The second-order valence-electron chi connectivity index (χ2n) is 8.09. The van der Waals surface area contributed by atoms with Crippen LogP contribution in [-0.2, 0) is 9.53 Å². The predicted octanol–water partition coefficient (Wildman–Crippen LogP) is 4.29. The van der Waals surface area contributed by atoms with Crippen LogP contribution in [0.5, 0.6) is 0 Å². The number of ether oxygens (including phenoxy) is 1. The zero-order valence-electron chi connectivity index (χ0n) is 16.7. The summed E-state index contributed by atoms with van der Waals surface area (Å²) in [5.41, 5.74) is 1.42. The summed E-state index contributed by atoms with van der Waals surface area (Å²) in [7, 11) is 0. The number of amides is 2. The van der Waals surface area contributed by atoms with Crippen molar-refractivity contribution in [3.63, 3.8) is 0 Å². The summed E-state index contributed by atoms with van der Waals surface area (Å²) in [6.07, 6.45) is 1.00. The first-order chi connectivity index (χ1) is 13.3. The van der Waals surface area contributed by atoms with Crippen molar-refractivity contribution in [2.75, 3.05) is 6.54 Å². The molecule has 5 heteroatoms. The lowest BCUT2D eigenvalue weighted by Crippen LogP contribution is -2.48. The van der Waals surface area contributed by atoms with E-state index in [1.807, 2.05) is 81.4 Å². The lowest BCUT2D eigenvalue weighted by Gasteiger charge is -2.29. The molecule has 28 heavy (non-hydrogen) atoms. The second kappa shape index (κ2) is 8.46. The highest BCUT2D eigenvalue weighted by Gasteiger charge is 2.37. The Bertz CT molecular complexity index is 760. The van der Waals surface area contributed by atoms with Gasteiger partial charge in [-0.15, -0.1) is 0 Å². The maximum atomic E-state index is 13.1. The summed E-state index contributed by atoms with van der Waals surface area (Å²) in [5.74, 6) is -0.152. The topological polar surface area (TPSA) is 58.6 Å². The number of carbonyl (C=O) groups excluding carboxylic acids is 2. The molecule has 0 bridgehead atoms. The molecule has 1 fully saturated rings. The molecular weight excluding hydrogens is 352 g/mol. The molecule has 0 radical (unpaired) electrons. The number of hydrogen-bond acceptors (Lipinski definition) is 3. The van der Waals surface area contributed by atoms with Crippen LogP contribution in [0.3, 0.4) is 0 Å². The highest BCUT2D eigenvalue weighted by molar-refractivity contribution is 5.86. The first kappa shape index (κ1) is 19.9. The summed E-state index contributed by atoms with van der Waals surface area (Å²) >= 11 is 0. The van der Waals surface area contributed by atoms with E-state index in [0.29, 0.717) is 13.0 Å². The van der Waals surface area contributed by atoms with Crippen LogP contribution in [-0.4, -0.2) is 35.1 Å². The van der Waals surface area contributed by atoms with Gasteiger partial charge in [0.1, 0.15) is 11.6 Å². The number of nitrogens with zero attached hydrogens (tertiary/aromatic N) is 1. The van der Waals surface area contributed by atoms with Crippen LogP contribution in [0, 0.1) is 0 Å². The molecule has 0 spiro atoms. The standard InChI is InChI=1S/C23H28N2O3/c1-23(2,3)28-22(27)25-16-10-15-19(25)21(26)24-20(17-11-6-4-7-12-17)18-13-8-5-9-14-18/h4-9,11-14,19-20H,10,15-16H2,1-3H3,(H,24,26)/t19-/m1/s1. The van der Waals surface area contributed by atoms with Gasteiger partial charge in [-0.25, -0.2) is 4.79 Å². The van der Waals surface area contributed by atoms with Gasteiger partial charge in [0, 0.05) is 6.54 Å². The second-order valence-corrected chi connectivity index (χ2v) is 8.09. The first-order valence-electron chi connectivity index (χ1n) is 9.75. The van der Waals surface area contributed by atoms with E-state index < -0.39 is 17.7 Å². The van der Waals surface area contributed by atoms with Crippen molar-refractivity contribution < 1.29 is 14.3 Å². The van der Waals surface area contributed by atoms with Crippen molar-refractivity contribution in [3.05, 3.63) is 71.8 Å². The highest BCUT2D eigenvalue weighted by Crippen LogP contribution is 2.25. The molecule has 0 aromatic heterocycles. The van der Waals surface area contributed by atoms with E-state index in [-0.39, 0.29) is 11.9 Å².